The Morgan fingerprint density at radius 1 is 1.00 bits per heavy atom. The van der Waals surface area contributed by atoms with Gasteiger partial charge < -0.3 is 9.80 Å². The number of rotatable bonds is 4. The Morgan fingerprint density at radius 3 is 2.39 bits per heavy atom. The van der Waals surface area contributed by atoms with Crippen LogP contribution in [-0.2, 0) is 6.54 Å². The summed E-state index contributed by atoms with van der Waals surface area (Å²) in [5.41, 5.74) is -0.957. The van der Waals surface area contributed by atoms with Crippen molar-refractivity contribution in [2.75, 3.05) is 33.2 Å². The highest BCUT2D eigenvalue weighted by molar-refractivity contribution is 5.92. The molecule has 3 aromatic rings. The lowest BCUT2D eigenvalue weighted by Crippen LogP contribution is -2.51. The Morgan fingerprint density at radius 2 is 1.71 bits per heavy atom. The zero-order valence-electron chi connectivity index (χ0n) is 17.1. The van der Waals surface area contributed by atoms with Crippen LogP contribution in [0.2, 0.25) is 0 Å². The molecule has 1 aliphatic rings. The van der Waals surface area contributed by atoms with Crippen molar-refractivity contribution in [1.29, 1.82) is 0 Å². The highest BCUT2D eigenvalue weighted by Crippen LogP contribution is 2.08. The first-order valence-corrected chi connectivity index (χ1v) is 9.96. The van der Waals surface area contributed by atoms with E-state index in [1.807, 2.05) is 7.05 Å². The molecule has 0 unspecified atom stereocenters. The SMILES string of the molecule is CN1CCN(C(=O)c2nn(-c3ccccc3)c(=O)n(Cc3cccc(F)c3)c2=O)CC1. The lowest BCUT2D eigenvalue weighted by atomic mass is 10.2. The zero-order valence-corrected chi connectivity index (χ0v) is 17.1. The van der Waals surface area contributed by atoms with Gasteiger partial charge in [0, 0.05) is 26.2 Å². The van der Waals surface area contributed by atoms with Crippen LogP contribution in [0.1, 0.15) is 16.1 Å². The van der Waals surface area contributed by atoms with Crippen molar-refractivity contribution >= 4 is 5.91 Å². The summed E-state index contributed by atoms with van der Waals surface area (Å²) in [6, 6.07) is 14.2. The third-order valence-corrected chi connectivity index (χ3v) is 5.28. The number of amides is 1. The smallest absolute Gasteiger partial charge is 0.335 e. The van der Waals surface area contributed by atoms with Crippen LogP contribution < -0.4 is 11.2 Å². The van der Waals surface area contributed by atoms with E-state index in [9.17, 15) is 18.8 Å². The molecule has 0 spiro atoms. The predicted molar refractivity (Wildman–Crippen MR) is 113 cm³/mol. The monoisotopic (exact) mass is 423 g/mol. The molecule has 0 N–H and O–H groups in total. The minimum absolute atomic E-state index is 0.173. The van der Waals surface area contributed by atoms with E-state index < -0.39 is 23.0 Å². The molecule has 0 bridgehead atoms. The summed E-state index contributed by atoms with van der Waals surface area (Å²) in [5, 5.41) is 4.15. The topological polar surface area (TPSA) is 80.4 Å². The van der Waals surface area contributed by atoms with Crippen LogP contribution in [-0.4, -0.2) is 63.3 Å². The number of nitrogens with zero attached hydrogens (tertiary/aromatic N) is 5. The van der Waals surface area contributed by atoms with Crippen molar-refractivity contribution in [3.05, 3.63) is 92.5 Å². The van der Waals surface area contributed by atoms with E-state index in [4.69, 9.17) is 0 Å². The summed E-state index contributed by atoms with van der Waals surface area (Å²) in [4.78, 5) is 43.0. The molecule has 1 saturated heterocycles. The minimum Gasteiger partial charge on any atom is -0.335 e. The number of benzene rings is 2. The third kappa shape index (κ3) is 4.31. The quantitative estimate of drug-likeness (QED) is 0.625. The second-order valence-electron chi connectivity index (χ2n) is 7.50. The van der Waals surface area contributed by atoms with Gasteiger partial charge in [-0.05, 0) is 36.9 Å². The molecule has 1 aromatic heterocycles. The molecule has 8 nitrogen and oxygen atoms in total. The van der Waals surface area contributed by atoms with Gasteiger partial charge in [0.05, 0.1) is 12.2 Å². The number of hydrogen-bond acceptors (Lipinski definition) is 5. The number of para-hydroxylation sites is 1. The van der Waals surface area contributed by atoms with E-state index >= 15 is 0 Å². The lowest BCUT2D eigenvalue weighted by Gasteiger charge is -2.32. The number of hydrogen-bond donors (Lipinski definition) is 0. The second kappa shape index (κ2) is 8.65. The second-order valence-corrected chi connectivity index (χ2v) is 7.50. The fourth-order valence-corrected chi connectivity index (χ4v) is 3.50. The third-order valence-electron chi connectivity index (χ3n) is 5.28. The highest BCUT2D eigenvalue weighted by Gasteiger charge is 2.27. The molecule has 0 saturated carbocycles. The molecule has 0 radical (unpaired) electrons. The van der Waals surface area contributed by atoms with E-state index in [0.717, 1.165) is 9.25 Å². The molecule has 0 atom stereocenters. The van der Waals surface area contributed by atoms with Gasteiger partial charge in [0.2, 0.25) is 5.69 Å². The molecular formula is C22H22FN5O3. The van der Waals surface area contributed by atoms with Gasteiger partial charge in [0.15, 0.2) is 0 Å². The van der Waals surface area contributed by atoms with Crippen molar-refractivity contribution in [3.63, 3.8) is 0 Å². The van der Waals surface area contributed by atoms with Gasteiger partial charge in [-0.2, -0.15) is 9.78 Å². The first-order valence-electron chi connectivity index (χ1n) is 9.96. The Balaban J connectivity index is 1.83. The van der Waals surface area contributed by atoms with Crippen LogP contribution in [0.5, 0.6) is 0 Å². The van der Waals surface area contributed by atoms with Crippen LogP contribution in [0.4, 0.5) is 4.39 Å². The van der Waals surface area contributed by atoms with Gasteiger partial charge in [-0.3, -0.25) is 14.2 Å². The largest absolute Gasteiger partial charge is 0.352 e. The summed E-state index contributed by atoms with van der Waals surface area (Å²) >= 11 is 0. The maximum absolute atomic E-state index is 13.6. The van der Waals surface area contributed by atoms with Crippen LogP contribution in [0.25, 0.3) is 5.69 Å². The summed E-state index contributed by atoms with van der Waals surface area (Å²) in [7, 11) is 1.96. The maximum Gasteiger partial charge on any atom is 0.352 e. The molecule has 1 amide bonds. The van der Waals surface area contributed by atoms with Crippen molar-refractivity contribution in [1.82, 2.24) is 24.1 Å². The van der Waals surface area contributed by atoms with Gasteiger partial charge in [0.25, 0.3) is 11.5 Å². The number of likely N-dealkylation sites (N-methyl/N-ethyl adjacent to an activating group) is 1. The number of piperazine rings is 1. The Kier molecular flexibility index (Phi) is 5.77. The van der Waals surface area contributed by atoms with Gasteiger partial charge >= 0.3 is 5.69 Å². The number of carbonyl (C=O) groups excluding carboxylic acids is 1. The van der Waals surface area contributed by atoms with Crippen molar-refractivity contribution < 1.29 is 9.18 Å². The van der Waals surface area contributed by atoms with Crippen molar-refractivity contribution in [2.24, 2.45) is 0 Å². The fraction of sp³-hybridized carbons (Fsp3) is 0.273. The van der Waals surface area contributed by atoms with Gasteiger partial charge in [0.1, 0.15) is 5.82 Å². The molecule has 2 aromatic carbocycles. The average molecular weight is 423 g/mol. The Hall–Kier alpha value is -3.59. The number of carbonyl (C=O) groups is 1. The molecule has 1 fully saturated rings. The Bertz CT molecular complexity index is 1210. The van der Waals surface area contributed by atoms with Gasteiger partial charge in [-0.25, -0.2) is 9.18 Å². The normalized spacial score (nSPS) is 14.6. The molecule has 1 aliphatic heterocycles. The van der Waals surface area contributed by atoms with E-state index in [1.54, 1.807) is 41.3 Å². The van der Waals surface area contributed by atoms with Crippen molar-refractivity contribution in [3.8, 4) is 5.69 Å². The molecule has 2 heterocycles. The predicted octanol–water partition coefficient (Wildman–Crippen LogP) is 0.969. The van der Waals surface area contributed by atoms with E-state index in [-0.39, 0.29) is 12.2 Å². The summed E-state index contributed by atoms with van der Waals surface area (Å²) < 4.78 is 15.6. The van der Waals surface area contributed by atoms with E-state index in [2.05, 4.69) is 10.00 Å². The number of halogens is 1. The highest BCUT2D eigenvalue weighted by atomic mass is 19.1. The van der Waals surface area contributed by atoms with E-state index in [1.165, 1.54) is 18.2 Å². The van der Waals surface area contributed by atoms with Crippen molar-refractivity contribution in [2.45, 2.75) is 6.54 Å². The molecular weight excluding hydrogens is 401 g/mol. The summed E-state index contributed by atoms with van der Waals surface area (Å²) in [6.07, 6.45) is 0. The van der Waals surface area contributed by atoms with E-state index in [0.29, 0.717) is 37.4 Å². The summed E-state index contributed by atoms with van der Waals surface area (Å²) in [6.45, 7) is 2.12. The van der Waals surface area contributed by atoms with Crippen LogP contribution in [0, 0.1) is 5.82 Å². The van der Waals surface area contributed by atoms with Gasteiger partial charge in [-0.1, -0.05) is 30.3 Å². The maximum atomic E-state index is 13.6. The first kappa shape index (κ1) is 20.7. The fourth-order valence-electron chi connectivity index (χ4n) is 3.50. The Labute approximate surface area is 177 Å². The minimum atomic E-state index is -0.787. The van der Waals surface area contributed by atoms with Gasteiger partial charge in [-0.15, -0.1) is 0 Å². The number of aromatic nitrogens is 3. The lowest BCUT2D eigenvalue weighted by molar-refractivity contribution is 0.0652. The van der Waals surface area contributed by atoms with Crippen LogP contribution in [0.3, 0.4) is 0 Å². The molecule has 160 valence electrons. The van der Waals surface area contributed by atoms with Crippen LogP contribution in [0.15, 0.2) is 64.2 Å². The van der Waals surface area contributed by atoms with Crippen LogP contribution >= 0.6 is 0 Å². The molecule has 4 rings (SSSR count). The zero-order chi connectivity index (χ0) is 22.0. The summed E-state index contributed by atoms with van der Waals surface area (Å²) in [5.74, 6) is -0.993. The standard InChI is InChI=1S/C22H22FN5O3/c1-25-10-12-26(13-11-25)20(29)19-21(30)27(15-16-6-5-7-17(23)14-16)22(31)28(24-19)18-8-3-2-4-9-18/h2-9,14H,10-13,15H2,1H3. The average Bonchev–Trinajstić information content (AvgIpc) is 2.77. The molecule has 31 heavy (non-hydrogen) atoms. The molecule has 0 aliphatic carbocycles. The molecule has 9 heteroatoms. The first-order chi connectivity index (χ1) is 14.9.